The predicted octanol–water partition coefficient (Wildman–Crippen LogP) is 3.59. The van der Waals surface area contributed by atoms with Gasteiger partial charge in [-0.15, -0.1) is 0 Å². The van der Waals surface area contributed by atoms with Gasteiger partial charge in [-0.3, -0.25) is 9.10 Å². The molecule has 1 aromatic rings. The Morgan fingerprint density at radius 1 is 1.12 bits per heavy atom. The molecular weight excluding hydrogens is 348 g/mol. The van der Waals surface area contributed by atoms with Crippen molar-refractivity contribution >= 4 is 21.6 Å². The molecule has 0 atom stereocenters. The maximum atomic E-state index is 12.2. The highest BCUT2D eigenvalue weighted by Crippen LogP contribution is 2.26. The van der Waals surface area contributed by atoms with Crippen LogP contribution in [0.2, 0.25) is 0 Å². The lowest BCUT2D eigenvalue weighted by molar-refractivity contribution is -0.121. The molecule has 0 heterocycles. The molecule has 1 amide bonds. The van der Waals surface area contributed by atoms with Gasteiger partial charge in [-0.2, -0.15) is 0 Å². The van der Waals surface area contributed by atoms with Crippen molar-refractivity contribution in [3.05, 3.63) is 29.8 Å². The molecule has 5 nitrogen and oxygen atoms in total. The van der Waals surface area contributed by atoms with Crippen molar-refractivity contribution < 1.29 is 13.2 Å². The number of nitrogens with one attached hydrogen (secondary N) is 1. The van der Waals surface area contributed by atoms with E-state index in [0.29, 0.717) is 5.69 Å². The monoisotopic (exact) mass is 380 g/mol. The zero-order valence-electron chi connectivity index (χ0n) is 16.4. The van der Waals surface area contributed by atoms with Crippen LogP contribution in [-0.4, -0.2) is 33.2 Å². The minimum absolute atomic E-state index is 0.00827. The van der Waals surface area contributed by atoms with Gasteiger partial charge in [0.05, 0.1) is 11.9 Å². The molecular formula is C20H32N2O3S. The first-order valence-corrected chi connectivity index (χ1v) is 11.3. The third kappa shape index (κ3) is 6.01. The maximum absolute atomic E-state index is 12.2. The topological polar surface area (TPSA) is 66.5 Å². The first-order valence-electron chi connectivity index (χ1n) is 9.45. The lowest BCUT2D eigenvalue weighted by Crippen LogP contribution is -2.39. The first-order chi connectivity index (χ1) is 12.1. The minimum atomic E-state index is -3.44. The number of nitrogens with zero attached hydrogens (tertiary/aromatic N) is 1. The van der Waals surface area contributed by atoms with E-state index < -0.39 is 10.0 Å². The highest BCUT2D eigenvalue weighted by atomic mass is 32.2. The van der Waals surface area contributed by atoms with Crippen LogP contribution in [0, 0.1) is 0 Å². The molecule has 0 aromatic heterocycles. The lowest BCUT2D eigenvalue weighted by atomic mass is 9.87. The van der Waals surface area contributed by atoms with Crippen molar-refractivity contribution in [2.24, 2.45) is 0 Å². The van der Waals surface area contributed by atoms with Crippen molar-refractivity contribution in [1.29, 1.82) is 0 Å². The maximum Gasteiger partial charge on any atom is 0.232 e. The number of sulfonamides is 1. The van der Waals surface area contributed by atoms with E-state index in [1.54, 1.807) is 0 Å². The fraction of sp³-hybridized carbons (Fsp3) is 0.650. The summed E-state index contributed by atoms with van der Waals surface area (Å²) in [6.07, 6.45) is 6.94. The molecule has 1 saturated carbocycles. The highest BCUT2D eigenvalue weighted by Gasteiger charge is 2.21. The van der Waals surface area contributed by atoms with E-state index in [0.717, 1.165) is 31.2 Å². The number of hydrogen-bond acceptors (Lipinski definition) is 3. The Bertz CT molecular complexity index is 700. The van der Waals surface area contributed by atoms with Gasteiger partial charge in [0.25, 0.3) is 0 Å². The quantitative estimate of drug-likeness (QED) is 0.820. The Labute approximate surface area is 158 Å². The summed E-state index contributed by atoms with van der Waals surface area (Å²) in [6.45, 7) is 6.51. The van der Waals surface area contributed by atoms with Crippen molar-refractivity contribution in [2.45, 2.75) is 70.8 Å². The van der Waals surface area contributed by atoms with E-state index in [2.05, 4.69) is 26.1 Å². The first kappa shape index (κ1) is 20.7. The summed E-state index contributed by atoms with van der Waals surface area (Å²) in [7, 11) is -3.44. The fourth-order valence-corrected chi connectivity index (χ4v) is 4.29. The number of benzene rings is 1. The Morgan fingerprint density at radius 2 is 1.69 bits per heavy atom. The molecule has 0 aliphatic heterocycles. The van der Waals surface area contributed by atoms with Crippen LogP contribution in [-0.2, 0) is 20.2 Å². The van der Waals surface area contributed by atoms with Crippen LogP contribution < -0.4 is 9.62 Å². The largest absolute Gasteiger partial charge is 0.353 e. The molecule has 1 aliphatic carbocycles. The molecule has 0 saturated heterocycles. The third-order valence-electron chi connectivity index (χ3n) is 4.93. The van der Waals surface area contributed by atoms with Gasteiger partial charge in [-0.05, 0) is 36.0 Å². The second-order valence-electron chi connectivity index (χ2n) is 8.28. The van der Waals surface area contributed by atoms with Crippen LogP contribution in [0.1, 0.15) is 64.9 Å². The van der Waals surface area contributed by atoms with Gasteiger partial charge < -0.3 is 5.32 Å². The SMILES string of the molecule is CC(C)(C)c1ccc(N(CCC(=O)NC2CCCCC2)S(C)(=O)=O)cc1. The molecule has 0 unspecified atom stereocenters. The Balaban J connectivity index is 2.02. The fourth-order valence-electron chi connectivity index (χ4n) is 3.36. The Kier molecular flexibility index (Phi) is 6.72. The molecule has 1 aromatic carbocycles. The highest BCUT2D eigenvalue weighted by molar-refractivity contribution is 7.92. The zero-order valence-corrected chi connectivity index (χ0v) is 17.2. The summed E-state index contributed by atoms with van der Waals surface area (Å²) in [5, 5.41) is 3.05. The van der Waals surface area contributed by atoms with E-state index in [1.807, 2.05) is 24.3 Å². The van der Waals surface area contributed by atoms with Gasteiger partial charge in [0.2, 0.25) is 15.9 Å². The van der Waals surface area contributed by atoms with Crippen molar-refractivity contribution in [3.8, 4) is 0 Å². The average molecular weight is 381 g/mol. The van der Waals surface area contributed by atoms with Crippen LogP contribution in [0.15, 0.2) is 24.3 Å². The standard InChI is InChI=1S/C20H32N2O3S/c1-20(2,3)16-10-12-18(13-11-16)22(26(4,24)25)15-14-19(23)21-17-8-6-5-7-9-17/h10-13,17H,5-9,14-15H2,1-4H3,(H,21,23). The van der Waals surface area contributed by atoms with Gasteiger partial charge in [-0.1, -0.05) is 52.2 Å². The van der Waals surface area contributed by atoms with Crippen molar-refractivity contribution in [2.75, 3.05) is 17.1 Å². The summed E-state index contributed by atoms with van der Waals surface area (Å²) < 4.78 is 25.7. The molecule has 0 spiro atoms. The van der Waals surface area contributed by atoms with E-state index >= 15 is 0 Å². The number of rotatable bonds is 6. The van der Waals surface area contributed by atoms with Crippen molar-refractivity contribution in [3.63, 3.8) is 0 Å². The summed E-state index contributed by atoms with van der Waals surface area (Å²) in [5.41, 5.74) is 1.75. The Hall–Kier alpha value is -1.56. The van der Waals surface area contributed by atoms with E-state index in [1.165, 1.54) is 17.0 Å². The molecule has 146 valence electrons. The van der Waals surface area contributed by atoms with Gasteiger partial charge in [-0.25, -0.2) is 8.42 Å². The molecule has 0 bridgehead atoms. The number of amides is 1. The van der Waals surface area contributed by atoms with Gasteiger partial charge in [0.1, 0.15) is 0 Å². The molecule has 2 rings (SSSR count). The van der Waals surface area contributed by atoms with Gasteiger partial charge >= 0.3 is 0 Å². The third-order valence-corrected chi connectivity index (χ3v) is 6.13. The van der Waals surface area contributed by atoms with E-state index in [4.69, 9.17) is 0 Å². The lowest BCUT2D eigenvalue weighted by Gasteiger charge is -2.26. The zero-order chi connectivity index (χ0) is 19.4. The van der Waals surface area contributed by atoms with Gasteiger partial charge in [0, 0.05) is 19.0 Å². The Morgan fingerprint density at radius 3 is 2.19 bits per heavy atom. The summed E-state index contributed by atoms with van der Waals surface area (Å²) in [4.78, 5) is 12.2. The van der Waals surface area contributed by atoms with Crippen LogP contribution in [0.5, 0.6) is 0 Å². The predicted molar refractivity (Wildman–Crippen MR) is 107 cm³/mol. The molecule has 26 heavy (non-hydrogen) atoms. The minimum Gasteiger partial charge on any atom is -0.353 e. The second kappa shape index (κ2) is 8.42. The number of anilines is 1. The normalized spacial score (nSPS) is 16.3. The molecule has 1 N–H and O–H groups in total. The molecule has 0 radical (unpaired) electrons. The second-order valence-corrected chi connectivity index (χ2v) is 10.2. The molecule has 1 aliphatic rings. The van der Waals surface area contributed by atoms with Crippen molar-refractivity contribution in [1.82, 2.24) is 5.32 Å². The summed E-state index contributed by atoms with van der Waals surface area (Å²) in [5.74, 6) is -0.0724. The number of carbonyl (C=O) groups is 1. The van der Waals surface area contributed by atoms with Crippen LogP contribution in [0.4, 0.5) is 5.69 Å². The molecule has 6 heteroatoms. The van der Waals surface area contributed by atoms with Crippen LogP contribution >= 0.6 is 0 Å². The number of carbonyl (C=O) groups excluding carboxylic acids is 1. The summed E-state index contributed by atoms with van der Waals surface area (Å²) in [6, 6.07) is 7.79. The van der Waals surface area contributed by atoms with Crippen LogP contribution in [0.3, 0.4) is 0 Å². The molecule has 1 fully saturated rings. The smallest absolute Gasteiger partial charge is 0.232 e. The van der Waals surface area contributed by atoms with Gasteiger partial charge in [0.15, 0.2) is 0 Å². The van der Waals surface area contributed by atoms with E-state index in [9.17, 15) is 13.2 Å². The number of hydrogen-bond donors (Lipinski definition) is 1. The van der Waals surface area contributed by atoms with Crippen LogP contribution in [0.25, 0.3) is 0 Å². The summed E-state index contributed by atoms with van der Waals surface area (Å²) >= 11 is 0. The van der Waals surface area contributed by atoms with E-state index in [-0.39, 0.29) is 30.3 Å². The average Bonchev–Trinajstić information content (AvgIpc) is 2.54.